The first-order valence-electron chi connectivity index (χ1n) is 4.24. The summed E-state index contributed by atoms with van der Waals surface area (Å²) >= 11 is 0. The molecule has 1 aromatic rings. The van der Waals surface area contributed by atoms with Crippen LogP contribution in [0.5, 0.6) is 0 Å². The second kappa shape index (κ2) is 3.20. The highest BCUT2D eigenvalue weighted by Crippen LogP contribution is 2.26. The zero-order valence-electron chi connectivity index (χ0n) is 8.11. The molecule has 0 radical (unpaired) electrons. The predicted octanol–water partition coefficient (Wildman–Crippen LogP) is 1.17. The van der Waals surface area contributed by atoms with Gasteiger partial charge in [0.2, 0.25) is 0 Å². The molecule has 0 spiro atoms. The minimum absolute atomic E-state index is 0.557. The molecule has 1 N–H and O–H groups in total. The van der Waals surface area contributed by atoms with Crippen LogP contribution in [0.2, 0.25) is 0 Å². The Labute approximate surface area is 77.2 Å². The number of carbonyl (C=O) groups is 1. The Hall–Kier alpha value is -1.32. The second-order valence-electron chi connectivity index (χ2n) is 3.33. The summed E-state index contributed by atoms with van der Waals surface area (Å²) in [6, 6.07) is 1.75. The molecule has 4 nitrogen and oxygen atoms in total. The summed E-state index contributed by atoms with van der Waals surface area (Å²) in [7, 11) is 1.76. The highest BCUT2D eigenvalue weighted by atomic mass is 16.4. The first-order chi connectivity index (χ1) is 6.02. The van der Waals surface area contributed by atoms with E-state index in [4.69, 9.17) is 5.11 Å². The average molecular weight is 182 g/mol. The number of carboxylic acids is 1. The van der Waals surface area contributed by atoms with Crippen molar-refractivity contribution in [1.29, 1.82) is 0 Å². The molecule has 0 saturated heterocycles. The van der Waals surface area contributed by atoms with Gasteiger partial charge in [0.1, 0.15) is 5.41 Å². The number of aliphatic carboxylic acids is 1. The van der Waals surface area contributed by atoms with Crippen molar-refractivity contribution in [2.45, 2.75) is 25.7 Å². The minimum atomic E-state index is -0.828. The summed E-state index contributed by atoms with van der Waals surface area (Å²) in [6.07, 6.45) is 2.17. The van der Waals surface area contributed by atoms with Crippen LogP contribution in [0.1, 0.15) is 26.0 Å². The third-order valence-corrected chi connectivity index (χ3v) is 2.57. The summed E-state index contributed by atoms with van der Waals surface area (Å²) in [5.41, 5.74) is -0.0897. The van der Waals surface area contributed by atoms with Gasteiger partial charge in [-0.25, -0.2) is 0 Å². The topological polar surface area (TPSA) is 55.1 Å². The van der Waals surface area contributed by atoms with Crippen LogP contribution in [0.4, 0.5) is 0 Å². The summed E-state index contributed by atoms with van der Waals surface area (Å²) in [5, 5.41) is 13.1. The van der Waals surface area contributed by atoms with Gasteiger partial charge in [0.25, 0.3) is 0 Å². The van der Waals surface area contributed by atoms with Crippen LogP contribution in [0.15, 0.2) is 12.3 Å². The van der Waals surface area contributed by atoms with Crippen molar-refractivity contribution in [2.24, 2.45) is 7.05 Å². The van der Waals surface area contributed by atoms with Crippen LogP contribution in [0.25, 0.3) is 0 Å². The number of aryl methyl sites for hydroxylation is 1. The first kappa shape index (κ1) is 9.77. The van der Waals surface area contributed by atoms with Crippen LogP contribution < -0.4 is 0 Å². The third kappa shape index (κ3) is 1.43. The predicted molar refractivity (Wildman–Crippen MR) is 48.5 cm³/mol. The largest absolute Gasteiger partial charge is 0.481 e. The van der Waals surface area contributed by atoms with Crippen molar-refractivity contribution < 1.29 is 9.90 Å². The smallest absolute Gasteiger partial charge is 0.315 e. The lowest BCUT2D eigenvalue weighted by molar-refractivity contribution is -0.143. The maximum atomic E-state index is 11.1. The lowest BCUT2D eigenvalue weighted by Crippen LogP contribution is -2.33. The Morgan fingerprint density at radius 1 is 1.77 bits per heavy atom. The molecule has 0 aromatic carbocycles. The van der Waals surface area contributed by atoms with Crippen LogP contribution in [-0.2, 0) is 17.3 Å². The first-order valence-corrected chi connectivity index (χ1v) is 4.24. The van der Waals surface area contributed by atoms with Gasteiger partial charge in [0.05, 0.1) is 5.69 Å². The van der Waals surface area contributed by atoms with Crippen molar-refractivity contribution in [3.63, 3.8) is 0 Å². The molecule has 1 aromatic heterocycles. The van der Waals surface area contributed by atoms with Crippen molar-refractivity contribution in [2.75, 3.05) is 0 Å². The van der Waals surface area contributed by atoms with Crippen molar-refractivity contribution in [1.82, 2.24) is 9.78 Å². The molecule has 0 fully saturated rings. The van der Waals surface area contributed by atoms with Crippen LogP contribution in [0.3, 0.4) is 0 Å². The van der Waals surface area contributed by atoms with E-state index in [1.807, 2.05) is 6.92 Å². The molecule has 0 amide bonds. The summed E-state index contributed by atoms with van der Waals surface area (Å²) in [6.45, 7) is 3.58. The van der Waals surface area contributed by atoms with Gasteiger partial charge in [-0.3, -0.25) is 9.48 Å². The number of hydrogen-bond acceptors (Lipinski definition) is 2. The van der Waals surface area contributed by atoms with Crippen molar-refractivity contribution in [3.05, 3.63) is 18.0 Å². The average Bonchev–Trinajstić information content (AvgIpc) is 2.50. The van der Waals surface area contributed by atoms with E-state index in [1.165, 1.54) is 0 Å². The maximum Gasteiger partial charge on any atom is 0.315 e. The Morgan fingerprint density at radius 2 is 2.38 bits per heavy atom. The monoisotopic (exact) mass is 182 g/mol. The summed E-state index contributed by atoms with van der Waals surface area (Å²) in [5.74, 6) is -0.807. The molecule has 0 saturated carbocycles. The Balaban J connectivity index is 3.17. The molecule has 1 atom stereocenters. The normalized spacial score (nSPS) is 15.3. The quantitative estimate of drug-likeness (QED) is 0.763. The Kier molecular flexibility index (Phi) is 2.40. The molecule has 0 bridgehead atoms. The highest BCUT2D eigenvalue weighted by Gasteiger charge is 2.35. The van der Waals surface area contributed by atoms with E-state index in [9.17, 15) is 4.79 Å². The SMILES string of the molecule is CCC(C)(C(=O)O)c1ccnn1C. The standard InChI is InChI=1S/C9H14N2O2/c1-4-9(2,8(12)13)7-5-6-10-11(7)3/h5-6H,4H2,1-3H3,(H,12,13). The molecule has 4 heteroatoms. The fourth-order valence-electron chi connectivity index (χ4n) is 1.36. The van der Waals surface area contributed by atoms with E-state index in [0.717, 1.165) is 5.69 Å². The van der Waals surface area contributed by atoms with Crippen LogP contribution >= 0.6 is 0 Å². The molecule has 1 heterocycles. The number of hydrogen-bond donors (Lipinski definition) is 1. The van der Waals surface area contributed by atoms with Gasteiger partial charge < -0.3 is 5.11 Å². The zero-order valence-corrected chi connectivity index (χ0v) is 8.11. The fourth-order valence-corrected chi connectivity index (χ4v) is 1.36. The van der Waals surface area contributed by atoms with Gasteiger partial charge in [-0.1, -0.05) is 6.92 Å². The number of aromatic nitrogens is 2. The van der Waals surface area contributed by atoms with E-state index in [-0.39, 0.29) is 0 Å². The van der Waals surface area contributed by atoms with E-state index in [1.54, 1.807) is 30.9 Å². The third-order valence-electron chi connectivity index (χ3n) is 2.57. The van der Waals surface area contributed by atoms with E-state index >= 15 is 0 Å². The minimum Gasteiger partial charge on any atom is -0.481 e. The maximum absolute atomic E-state index is 11.1. The van der Waals surface area contributed by atoms with Gasteiger partial charge in [0, 0.05) is 13.2 Å². The second-order valence-corrected chi connectivity index (χ2v) is 3.33. The molecule has 0 aliphatic heterocycles. The number of carboxylic acid groups (broad SMARTS) is 1. The molecule has 1 rings (SSSR count). The van der Waals surface area contributed by atoms with E-state index in [2.05, 4.69) is 5.10 Å². The molecule has 0 aliphatic rings. The lowest BCUT2D eigenvalue weighted by atomic mass is 9.84. The van der Waals surface area contributed by atoms with Gasteiger partial charge in [-0.2, -0.15) is 5.10 Å². The van der Waals surface area contributed by atoms with Crippen molar-refractivity contribution in [3.8, 4) is 0 Å². The van der Waals surface area contributed by atoms with E-state index in [0.29, 0.717) is 6.42 Å². The number of rotatable bonds is 3. The Morgan fingerprint density at radius 3 is 2.69 bits per heavy atom. The molecule has 72 valence electrons. The molecular weight excluding hydrogens is 168 g/mol. The summed E-state index contributed by atoms with van der Waals surface area (Å²) in [4.78, 5) is 11.1. The highest BCUT2D eigenvalue weighted by molar-refractivity contribution is 5.80. The fraction of sp³-hybridized carbons (Fsp3) is 0.556. The molecule has 13 heavy (non-hydrogen) atoms. The zero-order chi connectivity index (χ0) is 10.1. The van der Waals surface area contributed by atoms with Crippen LogP contribution in [0, 0.1) is 0 Å². The number of nitrogens with zero attached hydrogens (tertiary/aromatic N) is 2. The Bertz CT molecular complexity index is 319. The molecule has 1 unspecified atom stereocenters. The van der Waals surface area contributed by atoms with Gasteiger partial charge in [0.15, 0.2) is 0 Å². The van der Waals surface area contributed by atoms with Crippen LogP contribution in [-0.4, -0.2) is 20.9 Å². The van der Waals surface area contributed by atoms with E-state index < -0.39 is 11.4 Å². The molecule has 0 aliphatic carbocycles. The molecular formula is C9H14N2O2. The van der Waals surface area contributed by atoms with Gasteiger partial charge >= 0.3 is 5.97 Å². The van der Waals surface area contributed by atoms with Gasteiger partial charge in [-0.15, -0.1) is 0 Å². The lowest BCUT2D eigenvalue weighted by Gasteiger charge is -2.22. The summed E-state index contributed by atoms with van der Waals surface area (Å²) < 4.78 is 1.61. The van der Waals surface area contributed by atoms with Crippen molar-refractivity contribution >= 4 is 5.97 Å². The van der Waals surface area contributed by atoms with Gasteiger partial charge in [-0.05, 0) is 19.4 Å².